The highest BCUT2D eigenvalue weighted by atomic mass is 19.4. The molecule has 1 fully saturated rings. The van der Waals surface area contributed by atoms with Crippen LogP contribution in [0.4, 0.5) is 18.0 Å². The van der Waals surface area contributed by atoms with Crippen molar-refractivity contribution in [2.75, 3.05) is 13.1 Å². The van der Waals surface area contributed by atoms with Gasteiger partial charge in [0.25, 0.3) is 0 Å². The number of piperidine rings is 1. The number of likely N-dealkylation sites (tertiary alicyclic amines) is 1. The third-order valence-corrected chi connectivity index (χ3v) is 3.10. The molecule has 2 rings (SSSR count). The number of ether oxygens (including phenoxy) is 1. The molecule has 0 aliphatic carbocycles. The number of hydrogen-bond acceptors (Lipinski definition) is 5. The van der Waals surface area contributed by atoms with E-state index < -0.39 is 29.9 Å². The molecule has 0 atom stereocenters. The van der Waals surface area contributed by atoms with Crippen molar-refractivity contribution >= 4 is 12.4 Å². The summed E-state index contributed by atoms with van der Waals surface area (Å²) in [4.78, 5) is 28.9. The van der Waals surface area contributed by atoms with Gasteiger partial charge >= 0.3 is 12.3 Å². The highest BCUT2D eigenvalue weighted by molar-refractivity contribution is 5.72. The fraction of sp³-hybridized carbons (Fsp3) is 0.500. The van der Waals surface area contributed by atoms with Crippen LogP contribution in [0.3, 0.4) is 0 Å². The monoisotopic (exact) mass is 319 g/mol. The zero-order valence-corrected chi connectivity index (χ0v) is 11.2. The predicted molar refractivity (Wildman–Crippen MR) is 65.7 cm³/mol. The topological polar surface area (TPSA) is 92.6 Å². The highest BCUT2D eigenvalue weighted by Gasteiger charge is 2.36. The molecule has 2 heterocycles. The minimum absolute atomic E-state index is 0.177. The van der Waals surface area contributed by atoms with Crippen LogP contribution in [0.1, 0.15) is 29.2 Å². The number of rotatable bonds is 3. The molecule has 0 spiro atoms. The number of carbonyl (C=O) groups excluding carboxylic acids is 1. The molecular weight excluding hydrogens is 307 g/mol. The Kier molecular flexibility index (Phi) is 4.48. The first-order valence-electron chi connectivity index (χ1n) is 6.35. The number of carbonyl (C=O) groups is 2. The van der Waals surface area contributed by atoms with Gasteiger partial charge in [-0.2, -0.15) is 18.2 Å². The Balaban J connectivity index is 2.10. The van der Waals surface area contributed by atoms with E-state index in [1.807, 2.05) is 0 Å². The lowest BCUT2D eigenvalue weighted by atomic mass is 10.1. The van der Waals surface area contributed by atoms with Crippen molar-refractivity contribution in [1.82, 2.24) is 14.9 Å². The minimum Gasteiger partial charge on any atom is -0.474 e. The number of aromatic nitrogens is 2. The maximum Gasteiger partial charge on any atom is 0.451 e. The van der Waals surface area contributed by atoms with E-state index in [0.29, 0.717) is 12.8 Å². The normalized spacial score (nSPS) is 16.4. The van der Waals surface area contributed by atoms with Crippen LogP contribution in [0.25, 0.3) is 0 Å². The number of alkyl halides is 3. The molecule has 0 radical (unpaired) electrons. The van der Waals surface area contributed by atoms with Gasteiger partial charge < -0.3 is 14.7 Å². The van der Waals surface area contributed by atoms with Gasteiger partial charge in [-0.05, 0) is 0 Å². The van der Waals surface area contributed by atoms with Gasteiger partial charge in [0.2, 0.25) is 11.7 Å². The molecule has 1 amide bonds. The second-order valence-electron chi connectivity index (χ2n) is 4.66. The lowest BCUT2D eigenvalue weighted by Crippen LogP contribution is -2.41. The zero-order valence-electron chi connectivity index (χ0n) is 11.2. The molecule has 1 aliphatic rings. The summed E-state index contributed by atoms with van der Waals surface area (Å²) in [6.07, 6.45) is -5.47. The maximum absolute atomic E-state index is 12.6. The smallest absolute Gasteiger partial charge is 0.451 e. The van der Waals surface area contributed by atoms with Gasteiger partial charge in [-0.1, -0.05) is 0 Å². The van der Waals surface area contributed by atoms with Crippen molar-refractivity contribution in [2.45, 2.75) is 25.1 Å². The summed E-state index contributed by atoms with van der Waals surface area (Å²) in [5, 5.41) is 8.81. The molecular formula is C12H12F3N3O4. The van der Waals surface area contributed by atoms with E-state index in [1.165, 1.54) is 4.90 Å². The van der Waals surface area contributed by atoms with Gasteiger partial charge in [0.1, 0.15) is 11.8 Å². The summed E-state index contributed by atoms with van der Waals surface area (Å²) in [5.74, 6) is -1.80. The van der Waals surface area contributed by atoms with Crippen molar-refractivity contribution in [3.8, 4) is 5.88 Å². The summed E-state index contributed by atoms with van der Waals surface area (Å²) in [5.41, 5.74) is -0.430. The van der Waals surface area contributed by atoms with Crippen LogP contribution in [0, 0.1) is 0 Å². The van der Waals surface area contributed by atoms with Gasteiger partial charge in [0.15, 0.2) is 6.29 Å². The highest BCUT2D eigenvalue weighted by Crippen LogP contribution is 2.28. The third kappa shape index (κ3) is 3.83. The molecule has 10 heteroatoms. The lowest BCUT2D eigenvalue weighted by Gasteiger charge is -2.29. The number of amides is 1. The fourth-order valence-corrected chi connectivity index (χ4v) is 2.03. The molecule has 7 nitrogen and oxygen atoms in total. The van der Waals surface area contributed by atoms with E-state index >= 15 is 0 Å². The molecule has 0 aromatic carbocycles. The molecule has 1 aromatic heterocycles. The Labute approximate surface area is 122 Å². The van der Waals surface area contributed by atoms with Gasteiger partial charge in [-0.15, -0.1) is 0 Å². The Morgan fingerprint density at radius 2 is 2.00 bits per heavy atom. The maximum atomic E-state index is 12.6. The van der Waals surface area contributed by atoms with E-state index in [2.05, 4.69) is 9.97 Å². The number of nitrogens with zero attached hydrogens (tertiary/aromatic N) is 3. The molecule has 1 saturated heterocycles. The molecule has 1 N–H and O–H groups in total. The Morgan fingerprint density at radius 3 is 2.50 bits per heavy atom. The Morgan fingerprint density at radius 1 is 1.36 bits per heavy atom. The summed E-state index contributed by atoms with van der Waals surface area (Å²) in [6.45, 7) is 0.440. The van der Waals surface area contributed by atoms with Crippen LogP contribution < -0.4 is 4.74 Å². The average Bonchev–Trinajstić information content (AvgIpc) is 2.46. The first-order chi connectivity index (χ1) is 10.3. The van der Waals surface area contributed by atoms with Crippen LogP contribution in [-0.2, 0) is 6.18 Å². The van der Waals surface area contributed by atoms with Crippen molar-refractivity contribution in [3.63, 3.8) is 0 Å². The standard InChI is InChI=1S/C12H12F3N3O4/c13-12(14,15)10-16-7(6-19)5-9(17-10)22-8-1-3-18(4-2-8)11(20)21/h5-6,8H,1-4H2,(H,20,21). The number of halogens is 3. The van der Waals surface area contributed by atoms with Crippen molar-refractivity contribution < 1.29 is 32.6 Å². The average molecular weight is 319 g/mol. The van der Waals surface area contributed by atoms with E-state index in [9.17, 15) is 22.8 Å². The molecule has 0 saturated carbocycles. The van der Waals surface area contributed by atoms with Crippen LogP contribution in [0.2, 0.25) is 0 Å². The summed E-state index contributed by atoms with van der Waals surface area (Å²) in [6, 6.07) is 1.02. The van der Waals surface area contributed by atoms with E-state index in [1.54, 1.807) is 0 Å². The van der Waals surface area contributed by atoms with Crippen LogP contribution in [-0.4, -0.2) is 51.5 Å². The van der Waals surface area contributed by atoms with E-state index in [-0.39, 0.29) is 25.3 Å². The quantitative estimate of drug-likeness (QED) is 0.855. The molecule has 0 bridgehead atoms. The molecule has 1 aromatic rings. The number of carboxylic acid groups (broad SMARTS) is 1. The van der Waals surface area contributed by atoms with Crippen LogP contribution in [0.15, 0.2) is 6.07 Å². The van der Waals surface area contributed by atoms with E-state index in [0.717, 1.165) is 6.07 Å². The van der Waals surface area contributed by atoms with Crippen molar-refractivity contribution in [1.29, 1.82) is 0 Å². The van der Waals surface area contributed by atoms with Crippen LogP contribution >= 0.6 is 0 Å². The SMILES string of the molecule is O=Cc1cc(OC2CCN(C(=O)O)CC2)nc(C(F)(F)F)n1. The second kappa shape index (κ2) is 6.16. The van der Waals surface area contributed by atoms with Gasteiger partial charge in [0.05, 0.1) is 0 Å². The van der Waals surface area contributed by atoms with Crippen LogP contribution in [0.5, 0.6) is 5.88 Å². The largest absolute Gasteiger partial charge is 0.474 e. The summed E-state index contributed by atoms with van der Waals surface area (Å²) >= 11 is 0. The Hall–Kier alpha value is -2.39. The van der Waals surface area contributed by atoms with E-state index in [4.69, 9.17) is 9.84 Å². The first-order valence-corrected chi connectivity index (χ1v) is 6.35. The predicted octanol–water partition coefficient (Wildman–Crippen LogP) is 1.83. The fourth-order valence-electron chi connectivity index (χ4n) is 2.03. The lowest BCUT2D eigenvalue weighted by molar-refractivity contribution is -0.145. The van der Waals surface area contributed by atoms with Gasteiger partial charge in [-0.3, -0.25) is 4.79 Å². The summed E-state index contributed by atoms with van der Waals surface area (Å²) < 4.78 is 43.2. The summed E-state index contributed by atoms with van der Waals surface area (Å²) in [7, 11) is 0. The molecule has 0 unspecified atom stereocenters. The number of aldehydes is 1. The number of hydrogen-bond donors (Lipinski definition) is 1. The molecule has 1 aliphatic heterocycles. The second-order valence-corrected chi connectivity index (χ2v) is 4.66. The molecule has 120 valence electrons. The first kappa shape index (κ1) is 16.0. The minimum atomic E-state index is -4.79. The zero-order chi connectivity index (χ0) is 16.3. The van der Waals surface area contributed by atoms with Gasteiger partial charge in [0, 0.05) is 32.0 Å². The Bertz CT molecular complexity index is 571. The van der Waals surface area contributed by atoms with Crippen molar-refractivity contribution in [3.05, 3.63) is 17.6 Å². The van der Waals surface area contributed by atoms with Crippen molar-refractivity contribution in [2.24, 2.45) is 0 Å². The van der Waals surface area contributed by atoms with Gasteiger partial charge in [-0.25, -0.2) is 9.78 Å². The molecule has 22 heavy (non-hydrogen) atoms. The third-order valence-electron chi connectivity index (χ3n) is 3.10.